The van der Waals surface area contributed by atoms with Crippen LogP contribution < -0.4 is 10.9 Å². The summed E-state index contributed by atoms with van der Waals surface area (Å²) in [6, 6.07) is 12.7. The zero-order chi connectivity index (χ0) is 37.0. The molecule has 1 amide bonds. The molecule has 0 radical (unpaired) electrons. The number of aromatic nitrogens is 5. The van der Waals surface area contributed by atoms with Gasteiger partial charge in [0, 0.05) is 53.2 Å². The van der Waals surface area contributed by atoms with Crippen LogP contribution in [0.1, 0.15) is 41.8 Å². The summed E-state index contributed by atoms with van der Waals surface area (Å²) in [4.78, 5) is 39.7. The van der Waals surface area contributed by atoms with Crippen molar-refractivity contribution in [2.45, 2.75) is 55.3 Å². The van der Waals surface area contributed by atoms with Gasteiger partial charge in [-0.2, -0.15) is 22.7 Å². The van der Waals surface area contributed by atoms with Gasteiger partial charge >= 0.3 is 6.18 Å². The molecule has 1 aliphatic carbocycles. The van der Waals surface area contributed by atoms with Crippen molar-refractivity contribution >= 4 is 38.7 Å². The number of carbonyl (C=O) groups is 1. The summed E-state index contributed by atoms with van der Waals surface area (Å²) >= 11 is 6.15. The van der Waals surface area contributed by atoms with Crippen LogP contribution in [0.2, 0.25) is 5.02 Å². The zero-order valence-corrected chi connectivity index (χ0v) is 29.7. The van der Waals surface area contributed by atoms with E-state index in [4.69, 9.17) is 16.6 Å². The van der Waals surface area contributed by atoms with Crippen LogP contribution in [0.4, 0.5) is 18.9 Å². The average molecular weight is 755 g/mol. The van der Waals surface area contributed by atoms with E-state index in [1.54, 1.807) is 47.2 Å². The molecule has 1 aliphatic heterocycles. The third kappa shape index (κ3) is 6.54. The summed E-state index contributed by atoms with van der Waals surface area (Å²) in [6.45, 7) is 1.41. The van der Waals surface area contributed by atoms with Gasteiger partial charge in [0.05, 0.1) is 31.7 Å². The van der Waals surface area contributed by atoms with E-state index in [1.807, 2.05) is 0 Å². The second kappa shape index (κ2) is 13.3. The molecule has 7 rings (SSSR count). The first-order valence-corrected chi connectivity index (χ1v) is 18.7. The Hall–Kier alpha value is -4.80. The average Bonchev–Trinajstić information content (AvgIpc) is 3.73. The molecule has 272 valence electrons. The van der Waals surface area contributed by atoms with Gasteiger partial charge in [-0.05, 0) is 93.4 Å². The highest BCUT2D eigenvalue weighted by atomic mass is 35.5. The lowest BCUT2D eigenvalue weighted by Crippen LogP contribution is -2.44. The van der Waals surface area contributed by atoms with Crippen molar-refractivity contribution in [2.75, 3.05) is 31.7 Å². The fourth-order valence-corrected chi connectivity index (χ4v) is 8.23. The Balaban J connectivity index is 1.26. The van der Waals surface area contributed by atoms with E-state index < -0.39 is 32.8 Å². The van der Waals surface area contributed by atoms with Crippen molar-refractivity contribution in [3.05, 3.63) is 98.7 Å². The van der Waals surface area contributed by atoms with Gasteiger partial charge in [0.15, 0.2) is 5.82 Å². The molecule has 0 unspecified atom stereocenters. The number of hydrogen-bond acceptors (Lipinski definition) is 9. The van der Waals surface area contributed by atoms with Gasteiger partial charge in [0.1, 0.15) is 12.3 Å². The molecule has 1 spiro atoms. The fourth-order valence-electron chi connectivity index (χ4n) is 7.15. The van der Waals surface area contributed by atoms with Crippen LogP contribution >= 0.6 is 11.6 Å². The van der Waals surface area contributed by atoms with E-state index in [9.17, 15) is 32.1 Å². The van der Waals surface area contributed by atoms with Crippen molar-refractivity contribution in [3.63, 3.8) is 0 Å². The second-order valence-electron chi connectivity index (χ2n) is 13.1. The highest BCUT2D eigenvalue weighted by Crippen LogP contribution is 2.45. The number of benzene rings is 2. The number of amides is 1. The van der Waals surface area contributed by atoms with E-state index in [1.165, 1.54) is 17.8 Å². The van der Waals surface area contributed by atoms with Gasteiger partial charge in [-0.3, -0.25) is 19.5 Å². The summed E-state index contributed by atoms with van der Waals surface area (Å²) in [5.41, 5.74) is 0.542. The Morgan fingerprint density at radius 1 is 1.12 bits per heavy atom. The Labute approximate surface area is 301 Å². The first-order valence-electron chi connectivity index (χ1n) is 16.4. The molecule has 4 heterocycles. The van der Waals surface area contributed by atoms with E-state index >= 15 is 0 Å². The number of anilines is 1. The van der Waals surface area contributed by atoms with Gasteiger partial charge in [-0.15, -0.1) is 5.10 Å². The summed E-state index contributed by atoms with van der Waals surface area (Å²) in [5.74, 6) is -0.132. The van der Waals surface area contributed by atoms with Crippen molar-refractivity contribution < 1.29 is 27.3 Å². The van der Waals surface area contributed by atoms with E-state index in [-0.39, 0.29) is 40.2 Å². The number of likely N-dealkylation sites (tertiary alicyclic amines) is 1. The Kier molecular flexibility index (Phi) is 9.11. The normalized spacial score (nSPS) is 16.9. The number of nitrogens with zero attached hydrogens (tertiary/aromatic N) is 7. The SMILES string of the molecule is CN=[S@](C)(=O)c1ccc(-c2nc3n(CC(=O)Nc4ccc(C(F)(F)F)cc4Cl)c4c(c(=O)n3n2)C2(CC4)CCN(Cc3ncccc3O)CC2)cc1. The lowest BCUT2D eigenvalue weighted by Gasteiger charge is -2.39. The minimum Gasteiger partial charge on any atom is -0.506 e. The minimum absolute atomic E-state index is 0.00438. The monoisotopic (exact) mass is 754 g/mol. The lowest BCUT2D eigenvalue weighted by atomic mass is 9.74. The first-order chi connectivity index (χ1) is 24.7. The van der Waals surface area contributed by atoms with E-state index in [0.29, 0.717) is 72.7 Å². The fraction of sp³-hybridized carbons (Fsp3) is 0.343. The number of carbonyl (C=O) groups excluding carboxylic acids is 1. The smallest absolute Gasteiger partial charge is 0.416 e. The molecule has 2 aliphatic rings. The number of fused-ring (bicyclic) bond motifs is 3. The summed E-state index contributed by atoms with van der Waals surface area (Å²) in [6.07, 6.45) is 0.990. The molecule has 1 atom stereocenters. The van der Waals surface area contributed by atoms with Crippen LogP contribution in [-0.2, 0) is 45.6 Å². The third-order valence-electron chi connectivity index (χ3n) is 10.0. The van der Waals surface area contributed by atoms with Crippen molar-refractivity contribution in [2.24, 2.45) is 4.36 Å². The maximum absolute atomic E-state index is 14.4. The number of rotatable bonds is 7. The molecule has 12 nitrogen and oxygen atoms in total. The quantitative estimate of drug-likeness (QED) is 0.221. The molecular weight excluding hydrogens is 721 g/mol. The minimum atomic E-state index is -4.60. The van der Waals surface area contributed by atoms with Crippen LogP contribution in [0.5, 0.6) is 5.75 Å². The molecule has 5 aromatic rings. The number of nitrogens with one attached hydrogen (secondary N) is 1. The number of aromatic hydroxyl groups is 1. The van der Waals surface area contributed by atoms with E-state index in [2.05, 4.69) is 24.7 Å². The molecule has 0 bridgehead atoms. The second-order valence-corrected chi connectivity index (χ2v) is 16.0. The number of alkyl halides is 3. The predicted molar refractivity (Wildman–Crippen MR) is 189 cm³/mol. The maximum Gasteiger partial charge on any atom is 0.416 e. The van der Waals surface area contributed by atoms with Gasteiger partial charge in [-0.25, -0.2) is 8.57 Å². The van der Waals surface area contributed by atoms with Crippen LogP contribution in [0.3, 0.4) is 0 Å². The van der Waals surface area contributed by atoms with Gasteiger partial charge in [-0.1, -0.05) is 11.6 Å². The highest BCUT2D eigenvalue weighted by Gasteiger charge is 2.46. The summed E-state index contributed by atoms with van der Waals surface area (Å²) in [7, 11) is -1.10. The molecule has 1 saturated heterocycles. The topological polar surface area (TPSA) is 147 Å². The van der Waals surface area contributed by atoms with Crippen LogP contribution in [-0.4, -0.2) is 70.7 Å². The third-order valence-corrected chi connectivity index (χ3v) is 12.2. The molecule has 0 saturated carbocycles. The van der Waals surface area contributed by atoms with Crippen molar-refractivity contribution in [1.82, 2.24) is 29.0 Å². The largest absolute Gasteiger partial charge is 0.506 e. The molecule has 3 aromatic heterocycles. The standard InChI is InChI=1S/C35H34ClF3N8O4S/c1-40-52(2,51)23-8-5-21(6-9-23)31-43-33-46(20-29(49)42-25-10-7-22(18-24(25)36)35(37,38)39)27-11-12-34(30(27)32(50)47(33)44-31)13-16-45(17-14-34)19-26-28(48)4-3-15-41-26/h3-10,15,18,48H,11-14,16-17,19-20H2,1-2H3,(H,42,49)/t52-/m1/s1. The highest BCUT2D eigenvalue weighted by molar-refractivity contribution is 7.93. The number of piperidine rings is 1. The van der Waals surface area contributed by atoms with Gasteiger partial charge in [0.2, 0.25) is 11.7 Å². The molecule has 2 N–H and O–H groups in total. The van der Waals surface area contributed by atoms with Crippen LogP contribution in [0.15, 0.2) is 74.8 Å². The number of hydrogen-bond donors (Lipinski definition) is 2. The molecule has 2 aromatic carbocycles. The molecular formula is C35H34ClF3N8O4S. The molecule has 1 fully saturated rings. The lowest BCUT2D eigenvalue weighted by molar-refractivity contribution is -0.137. The molecule has 52 heavy (non-hydrogen) atoms. The summed E-state index contributed by atoms with van der Waals surface area (Å²) < 4.78 is 59.3. The van der Waals surface area contributed by atoms with Crippen LogP contribution in [0.25, 0.3) is 17.2 Å². The van der Waals surface area contributed by atoms with Crippen LogP contribution in [0, 0.1) is 0 Å². The summed E-state index contributed by atoms with van der Waals surface area (Å²) in [5, 5.41) is 17.2. The predicted octanol–water partition coefficient (Wildman–Crippen LogP) is 5.54. The van der Waals surface area contributed by atoms with E-state index in [0.717, 1.165) is 18.2 Å². The first kappa shape index (κ1) is 35.6. The number of pyridine rings is 1. The number of halogens is 4. The Morgan fingerprint density at radius 2 is 1.85 bits per heavy atom. The van der Waals surface area contributed by atoms with Gasteiger partial charge in [0.25, 0.3) is 5.56 Å². The van der Waals surface area contributed by atoms with Crippen molar-refractivity contribution in [1.29, 1.82) is 0 Å². The Bertz CT molecular complexity index is 2400. The maximum atomic E-state index is 14.4. The Morgan fingerprint density at radius 3 is 2.50 bits per heavy atom. The van der Waals surface area contributed by atoms with Gasteiger partial charge < -0.3 is 15.0 Å². The zero-order valence-electron chi connectivity index (χ0n) is 28.2. The molecule has 17 heteroatoms. The van der Waals surface area contributed by atoms with Crippen molar-refractivity contribution in [3.8, 4) is 17.1 Å².